The zero-order valence-electron chi connectivity index (χ0n) is 13.9. The van der Waals surface area contributed by atoms with Gasteiger partial charge in [0, 0.05) is 24.2 Å². The molecule has 1 aliphatic heterocycles. The number of piperidine rings is 1. The quantitative estimate of drug-likeness (QED) is 0.705. The summed E-state index contributed by atoms with van der Waals surface area (Å²) in [5.41, 5.74) is 0.599. The van der Waals surface area contributed by atoms with Crippen LogP contribution in [-0.2, 0) is 0 Å². The Morgan fingerprint density at radius 2 is 1.80 bits per heavy atom. The first kappa shape index (κ1) is 17.0. The van der Waals surface area contributed by atoms with Gasteiger partial charge in [-0.1, -0.05) is 36.2 Å². The van der Waals surface area contributed by atoms with Crippen molar-refractivity contribution in [2.45, 2.75) is 48.4 Å². The molecule has 4 rings (SSSR count). The molecule has 0 unspecified atom stereocenters. The number of rotatable bonds is 3. The van der Waals surface area contributed by atoms with Gasteiger partial charge in [0.1, 0.15) is 15.9 Å². The van der Waals surface area contributed by atoms with Crippen molar-refractivity contribution in [3.05, 3.63) is 35.6 Å². The molecule has 1 saturated heterocycles. The van der Waals surface area contributed by atoms with Crippen LogP contribution in [0.1, 0.15) is 38.5 Å². The third kappa shape index (κ3) is 3.60. The van der Waals surface area contributed by atoms with Crippen LogP contribution < -0.4 is 4.90 Å². The largest absolute Gasteiger partial charge is 0.355 e. The number of hydrogen-bond donors (Lipinski definition) is 0. The first-order valence-electron chi connectivity index (χ1n) is 8.70. The number of hydrogen-bond acceptors (Lipinski definition) is 5. The molecule has 2 aliphatic rings. The highest BCUT2D eigenvalue weighted by Crippen LogP contribution is 2.46. The minimum atomic E-state index is -0.662. The molecule has 0 bridgehead atoms. The van der Waals surface area contributed by atoms with Crippen molar-refractivity contribution in [3.8, 4) is 0 Å². The Balaban J connectivity index is 1.41. The lowest BCUT2D eigenvalue weighted by Crippen LogP contribution is -2.39. The van der Waals surface area contributed by atoms with Crippen LogP contribution in [0.15, 0.2) is 34.6 Å². The molecule has 7 heteroatoms. The van der Waals surface area contributed by atoms with Crippen molar-refractivity contribution in [2.24, 2.45) is 5.41 Å². The summed E-state index contributed by atoms with van der Waals surface area (Å²) < 4.78 is 13.4. The van der Waals surface area contributed by atoms with E-state index in [0.717, 1.165) is 18.9 Å². The van der Waals surface area contributed by atoms with Gasteiger partial charge in [-0.05, 0) is 37.2 Å². The second kappa shape index (κ2) is 7.08. The molecule has 2 aromatic rings. The molecule has 0 aromatic carbocycles. The summed E-state index contributed by atoms with van der Waals surface area (Å²) in [7, 11) is 0. The zero-order valence-corrected chi connectivity index (χ0v) is 15.5. The van der Waals surface area contributed by atoms with Crippen LogP contribution >= 0.6 is 23.4 Å². The van der Waals surface area contributed by atoms with E-state index < -0.39 is 5.95 Å². The van der Waals surface area contributed by atoms with Crippen molar-refractivity contribution in [3.63, 3.8) is 0 Å². The molecule has 2 aromatic heterocycles. The molecule has 0 N–H and O–H groups in total. The molecule has 3 heterocycles. The maximum atomic E-state index is 13.4. The monoisotopic (exact) mass is 378 g/mol. The number of aromatic nitrogens is 3. The van der Waals surface area contributed by atoms with Gasteiger partial charge in [0.15, 0.2) is 0 Å². The molecular formula is C18H20ClFN4S. The van der Waals surface area contributed by atoms with Crippen LogP contribution in [0.5, 0.6) is 0 Å². The zero-order chi connectivity index (χ0) is 17.3. The van der Waals surface area contributed by atoms with Gasteiger partial charge < -0.3 is 4.90 Å². The van der Waals surface area contributed by atoms with Crippen LogP contribution in [0.25, 0.3) is 0 Å². The normalized spacial score (nSPS) is 19.5. The van der Waals surface area contributed by atoms with Gasteiger partial charge in [-0.3, -0.25) is 0 Å². The van der Waals surface area contributed by atoms with E-state index in [1.165, 1.54) is 56.5 Å². The van der Waals surface area contributed by atoms with Crippen LogP contribution in [-0.4, -0.2) is 28.0 Å². The maximum absolute atomic E-state index is 13.4. The first-order chi connectivity index (χ1) is 12.2. The second-order valence-electron chi connectivity index (χ2n) is 6.92. The third-order valence-corrected chi connectivity index (χ3v) is 6.90. The Hall–Kier alpha value is -1.40. The minimum Gasteiger partial charge on any atom is -0.355 e. The third-order valence-electron chi connectivity index (χ3n) is 5.45. The topological polar surface area (TPSA) is 41.9 Å². The second-order valence-corrected chi connectivity index (χ2v) is 8.36. The van der Waals surface area contributed by atoms with E-state index in [0.29, 0.717) is 15.3 Å². The number of anilines is 1. The summed E-state index contributed by atoms with van der Waals surface area (Å²) in [4.78, 5) is 15.5. The molecule has 132 valence electrons. The van der Waals surface area contributed by atoms with Crippen molar-refractivity contribution in [2.75, 3.05) is 18.0 Å². The summed E-state index contributed by atoms with van der Waals surface area (Å²) in [5.74, 6) is 0.259. The van der Waals surface area contributed by atoms with Gasteiger partial charge in [0.05, 0.1) is 12.4 Å². The van der Waals surface area contributed by atoms with Crippen LogP contribution in [0.4, 0.5) is 10.2 Å². The van der Waals surface area contributed by atoms with E-state index in [9.17, 15) is 4.39 Å². The molecule has 0 amide bonds. The molecule has 1 spiro atoms. The highest BCUT2D eigenvalue weighted by molar-refractivity contribution is 7.99. The van der Waals surface area contributed by atoms with Gasteiger partial charge in [-0.25, -0.2) is 15.0 Å². The van der Waals surface area contributed by atoms with E-state index in [1.54, 1.807) is 18.5 Å². The standard InChI is InChI=1S/C18H20ClFN4S/c19-16-13(3-8-21-17(16)20)25-15-12-22-14(11-23-15)24-9-6-18(7-10-24)4-1-2-5-18/h3,8,11-12H,1-2,4-7,9-10H2. The van der Waals surface area contributed by atoms with Crippen molar-refractivity contribution in [1.82, 2.24) is 15.0 Å². The summed E-state index contributed by atoms with van der Waals surface area (Å²) in [6, 6.07) is 1.68. The van der Waals surface area contributed by atoms with Crippen LogP contribution in [0.2, 0.25) is 5.02 Å². The van der Waals surface area contributed by atoms with E-state index >= 15 is 0 Å². The SMILES string of the molecule is Fc1nccc(Sc2cnc(N3CCC4(CCCC4)CC3)cn2)c1Cl. The fourth-order valence-corrected chi connectivity index (χ4v) is 4.92. The van der Waals surface area contributed by atoms with Gasteiger partial charge >= 0.3 is 0 Å². The Kier molecular flexibility index (Phi) is 4.82. The summed E-state index contributed by atoms with van der Waals surface area (Å²) in [6.45, 7) is 2.12. The number of pyridine rings is 1. The average molecular weight is 379 g/mol. The fourth-order valence-electron chi connectivity index (χ4n) is 3.95. The Bertz CT molecular complexity index is 739. The van der Waals surface area contributed by atoms with E-state index in [1.807, 2.05) is 0 Å². The summed E-state index contributed by atoms with van der Waals surface area (Å²) >= 11 is 7.24. The molecule has 1 aliphatic carbocycles. The van der Waals surface area contributed by atoms with E-state index in [4.69, 9.17) is 11.6 Å². The van der Waals surface area contributed by atoms with Crippen LogP contribution in [0.3, 0.4) is 0 Å². The molecule has 4 nitrogen and oxygen atoms in total. The molecule has 2 fully saturated rings. The Labute approximate surface area is 156 Å². The van der Waals surface area contributed by atoms with E-state index in [-0.39, 0.29) is 5.02 Å². The van der Waals surface area contributed by atoms with Crippen molar-refractivity contribution in [1.29, 1.82) is 0 Å². The average Bonchev–Trinajstić information content (AvgIpc) is 3.09. The summed E-state index contributed by atoms with van der Waals surface area (Å²) in [5, 5.41) is 0.719. The number of halogens is 2. The van der Waals surface area contributed by atoms with E-state index in [2.05, 4.69) is 19.9 Å². The molecular weight excluding hydrogens is 359 g/mol. The first-order valence-corrected chi connectivity index (χ1v) is 9.90. The van der Waals surface area contributed by atoms with Crippen molar-refractivity contribution < 1.29 is 4.39 Å². The fraction of sp³-hybridized carbons (Fsp3) is 0.500. The molecule has 25 heavy (non-hydrogen) atoms. The predicted octanol–water partition coefficient (Wildman–Crippen LogP) is 4.98. The smallest absolute Gasteiger partial charge is 0.232 e. The predicted molar refractivity (Wildman–Crippen MR) is 97.7 cm³/mol. The highest BCUT2D eigenvalue weighted by Gasteiger charge is 2.37. The Morgan fingerprint density at radius 3 is 2.48 bits per heavy atom. The highest BCUT2D eigenvalue weighted by atomic mass is 35.5. The minimum absolute atomic E-state index is 0.0243. The van der Waals surface area contributed by atoms with Gasteiger partial charge in [-0.2, -0.15) is 4.39 Å². The molecule has 1 saturated carbocycles. The lowest BCUT2D eigenvalue weighted by molar-refractivity contribution is 0.226. The van der Waals surface area contributed by atoms with Crippen LogP contribution in [0, 0.1) is 11.4 Å². The maximum Gasteiger partial charge on any atom is 0.232 e. The Morgan fingerprint density at radius 1 is 1.04 bits per heavy atom. The lowest BCUT2D eigenvalue weighted by Gasteiger charge is -2.39. The van der Waals surface area contributed by atoms with Gasteiger partial charge in [0.25, 0.3) is 0 Å². The van der Waals surface area contributed by atoms with Gasteiger partial charge in [-0.15, -0.1) is 0 Å². The molecule has 0 radical (unpaired) electrons. The van der Waals surface area contributed by atoms with Gasteiger partial charge in [0.2, 0.25) is 5.95 Å². The lowest BCUT2D eigenvalue weighted by atomic mass is 9.77. The van der Waals surface area contributed by atoms with Crippen molar-refractivity contribution >= 4 is 29.2 Å². The number of nitrogens with zero attached hydrogens (tertiary/aromatic N) is 4. The molecule has 0 atom stereocenters. The summed E-state index contributed by atoms with van der Waals surface area (Å²) in [6.07, 6.45) is 13.0.